The molecule has 0 spiro atoms. The van der Waals surface area contributed by atoms with Gasteiger partial charge in [-0.1, -0.05) is 0 Å². The van der Waals surface area contributed by atoms with E-state index in [9.17, 15) is 24.5 Å². The molecule has 0 bridgehead atoms. The van der Waals surface area contributed by atoms with Crippen LogP contribution in [0.3, 0.4) is 0 Å². The van der Waals surface area contributed by atoms with Crippen molar-refractivity contribution in [2.45, 2.75) is 38.5 Å². The average Bonchev–Trinajstić information content (AvgIpc) is 2.67. The Morgan fingerprint density at radius 3 is 2.71 bits per heavy atom. The summed E-state index contributed by atoms with van der Waals surface area (Å²) in [7, 11) is 0. The van der Waals surface area contributed by atoms with E-state index in [4.69, 9.17) is 9.47 Å². The monoisotopic (exact) mass is 400 g/mol. The van der Waals surface area contributed by atoms with Crippen LogP contribution in [0.1, 0.15) is 25.8 Å². The number of benzene rings is 1. The quantitative estimate of drug-likeness (QED) is 0.452. The third-order valence-electron chi connectivity index (χ3n) is 4.52. The number of aliphatic hydroxyl groups is 1. The molecule has 1 amide bonds. The van der Waals surface area contributed by atoms with Gasteiger partial charge in [-0.3, -0.25) is 4.79 Å². The number of phenols is 2. The van der Waals surface area contributed by atoms with E-state index in [-0.39, 0.29) is 31.2 Å². The number of aliphatic hydroxyl groups excluding tert-OH is 1. The Kier molecular flexibility index (Phi) is 7.99. The maximum absolute atomic E-state index is 13.8. The Balaban J connectivity index is 1.71. The van der Waals surface area contributed by atoms with Crippen molar-refractivity contribution in [3.8, 4) is 11.5 Å². The first-order valence-corrected chi connectivity index (χ1v) is 9.25. The lowest BCUT2D eigenvalue weighted by Gasteiger charge is -2.32. The molecule has 1 fully saturated rings. The normalized spacial score (nSPS) is 16.2. The summed E-state index contributed by atoms with van der Waals surface area (Å²) in [5.74, 6) is -2.28. The van der Waals surface area contributed by atoms with Crippen LogP contribution >= 0.6 is 0 Å². The molecule has 0 radical (unpaired) electrons. The number of β-amino-alcohol motifs (C(OH)–C–C–N with tert-alkyl or cyclic N) is 1. The third kappa shape index (κ3) is 6.59. The number of aromatic hydroxyl groups is 2. The van der Waals surface area contributed by atoms with Gasteiger partial charge in [0.15, 0.2) is 17.3 Å². The number of carbonyl (C=O) groups excluding carboxylic acids is 1. The van der Waals surface area contributed by atoms with Gasteiger partial charge in [-0.2, -0.15) is 0 Å². The number of morpholine rings is 1. The second kappa shape index (κ2) is 10.0. The van der Waals surface area contributed by atoms with Crippen LogP contribution < -0.4 is 5.32 Å². The van der Waals surface area contributed by atoms with Crippen molar-refractivity contribution in [1.82, 2.24) is 10.2 Å². The van der Waals surface area contributed by atoms with Gasteiger partial charge in [0, 0.05) is 37.2 Å². The number of rotatable bonds is 9. The van der Waals surface area contributed by atoms with E-state index in [0.29, 0.717) is 32.7 Å². The lowest BCUT2D eigenvalue weighted by molar-refractivity contribution is -0.136. The number of hydrogen-bond donors (Lipinski definition) is 4. The van der Waals surface area contributed by atoms with E-state index in [1.54, 1.807) is 4.90 Å². The van der Waals surface area contributed by atoms with Crippen LogP contribution in [0, 0.1) is 5.82 Å². The van der Waals surface area contributed by atoms with Crippen molar-refractivity contribution in [2.24, 2.45) is 0 Å². The van der Waals surface area contributed by atoms with Gasteiger partial charge in [0.05, 0.1) is 32.5 Å². The van der Waals surface area contributed by atoms with Crippen molar-refractivity contribution in [1.29, 1.82) is 0 Å². The maximum atomic E-state index is 13.8. The highest BCUT2D eigenvalue weighted by molar-refractivity contribution is 5.77. The van der Waals surface area contributed by atoms with Gasteiger partial charge in [0.1, 0.15) is 0 Å². The zero-order valence-electron chi connectivity index (χ0n) is 16.3. The van der Waals surface area contributed by atoms with Crippen LogP contribution in [0.2, 0.25) is 0 Å². The second-order valence-electron chi connectivity index (χ2n) is 7.51. The molecule has 4 N–H and O–H groups in total. The highest BCUT2D eigenvalue weighted by Crippen LogP contribution is 2.29. The minimum Gasteiger partial charge on any atom is -0.504 e. The first-order valence-electron chi connectivity index (χ1n) is 9.25. The topological polar surface area (TPSA) is 111 Å². The summed E-state index contributed by atoms with van der Waals surface area (Å²) < 4.78 is 24.3. The number of nitrogens with one attached hydrogen (secondary N) is 1. The number of carbonyl (C=O) groups is 1. The summed E-state index contributed by atoms with van der Waals surface area (Å²) in [5.41, 5.74) is -0.433. The van der Waals surface area contributed by atoms with Crippen LogP contribution in [0.15, 0.2) is 12.1 Å². The standard InChI is InChI=1S/C19H29FN2O6/c1-19(2,9-16(25)22-5-7-27-8-6-22)21-10-14(23)12-28-11-13-3-4-15(24)18(26)17(13)20/h3-4,14,21,23-24,26H,5-12H2,1-2H3. The number of phenolic OH excluding ortho intramolecular Hbond substituents is 2. The first kappa shape index (κ1) is 22.4. The average molecular weight is 400 g/mol. The van der Waals surface area contributed by atoms with E-state index in [0.717, 1.165) is 0 Å². The molecule has 1 aromatic carbocycles. The van der Waals surface area contributed by atoms with E-state index in [2.05, 4.69) is 5.32 Å². The minimum atomic E-state index is -0.949. The molecule has 1 aliphatic heterocycles. The van der Waals surface area contributed by atoms with Crippen molar-refractivity contribution < 1.29 is 34.0 Å². The predicted octanol–water partition coefficient (Wildman–Crippen LogP) is 0.732. The minimum absolute atomic E-state index is 0.0363. The summed E-state index contributed by atoms with van der Waals surface area (Å²) in [5, 5.41) is 31.8. The van der Waals surface area contributed by atoms with E-state index in [1.807, 2.05) is 13.8 Å². The summed E-state index contributed by atoms with van der Waals surface area (Å²) >= 11 is 0. The molecule has 0 saturated carbocycles. The highest BCUT2D eigenvalue weighted by atomic mass is 19.1. The highest BCUT2D eigenvalue weighted by Gasteiger charge is 2.26. The Morgan fingerprint density at radius 2 is 2.04 bits per heavy atom. The molecule has 1 unspecified atom stereocenters. The maximum Gasteiger partial charge on any atom is 0.224 e. The van der Waals surface area contributed by atoms with Crippen molar-refractivity contribution in [3.05, 3.63) is 23.5 Å². The Morgan fingerprint density at radius 1 is 1.36 bits per heavy atom. The largest absolute Gasteiger partial charge is 0.504 e. The molecular formula is C19H29FN2O6. The molecule has 8 nitrogen and oxygen atoms in total. The fraction of sp³-hybridized carbons (Fsp3) is 0.632. The molecule has 1 heterocycles. The van der Waals surface area contributed by atoms with E-state index >= 15 is 0 Å². The molecule has 28 heavy (non-hydrogen) atoms. The molecule has 1 aromatic rings. The fourth-order valence-corrected chi connectivity index (χ4v) is 2.83. The number of ether oxygens (including phenoxy) is 2. The lowest BCUT2D eigenvalue weighted by Crippen LogP contribution is -2.49. The predicted molar refractivity (Wildman–Crippen MR) is 99.5 cm³/mol. The smallest absolute Gasteiger partial charge is 0.224 e. The number of hydrogen-bond acceptors (Lipinski definition) is 7. The Hall–Kier alpha value is -1.94. The molecule has 158 valence electrons. The van der Waals surface area contributed by atoms with Crippen molar-refractivity contribution in [3.63, 3.8) is 0 Å². The molecule has 1 saturated heterocycles. The summed E-state index contributed by atoms with van der Waals surface area (Å²) in [6.45, 7) is 6.04. The number of amides is 1. The van der Waals surface area contributed by atoms with Crippen molar-refractivity contribution in [2.75, 3.05) is 39.5 Å². The van der Waals surface area contributed by atoms with Gasteiger partial charge < -0.3 is 35.0 Å². The Labute approximate surface area is 163 Å². The van der Waals surface area contributed by atoms with E-state index < -0.39 is 29.0 Å². The van der Waals surface area contributed by atoms with Gasteiger partial charge in [-0.05, 0) is 26.0 Å². The van der Waals surface area contributed by atoms with Gasteiger partial charge in [0.25, 0.3) is 0 Å². The number of nitrogens with zero attached hydrogens (tertiary/aromatic N) is 1. The first-order chi connectivity index (χ1) is 13.2. The van der Waals surface area contributed by atoms with Gasteiger partial charge in [0.2, 0.25) is 5.91 Å². The molecule has 9 heteroatoms. The van der Waals surface area contributed by atoms with Crippen LogP contribution in [0.4, 0.5) is 4.39 Å². The molecule has 2 rings (SSSR count). The second-order valence-corrected chi connectivity index (χ2v) is 7.51. The third-order valence-corrected chi connectivity index (χ3v) is 4.52. The molecule has 0 aromatic heterocycles. The lowest BCUT2D eigenvalue weighted by atomic mass is 9.99. The molecule has 0 aliphatic carbocycles. The molecule has 1 atom stereocenters. The van der Waals surface area contributed by atoms with Crippen LogP contribution in [-0.2, 0) is 20.9 Å². The molecular weight excluding hydrogens is 371 g/mol. The number of halogens is 1. The summed E-state index contributed by atoms with van der Waals surface area (Å²) in [6, 6.07) is 2.47. The zero-order chi connectivity index (χ0) is 20.7. The molecule has 1 aliphatic rings. The van der Waals surface area contributed by atoms with Crippen molar-refractivity contribution >= 4 is 5.91 Å². The van der Waals surface area contributed by atoms with Crippen LogP contribution in [-0.4, -0.2) is 77.2 Å². The Bertz CT molecular complexity index is 664. The summed E-state index contributed by atoms with van der Waals surface area (Å²) in [6.07, 6.45) is -0.565. The van der Waals surface area contributed by atoms with Gasteiger partial charge in [-0.15, -0.1) is 0 Å². The fourth-order valence-electron chi connectivity index (χ4n) is 2.83. The SMILES string of the molecule is CC(C)(CC(=O)N1CCOCC1)NCC(O)COCc1ccc(O)c(O)c1F. The van der Waals surface area contributed by atoms with Crippen LogP contribution in [0.25, 0.3) is 0 Å². The zero-order valence-corrected chi connectivity index (χ0v) is 16.3. The van der Waals surface area contributed by atoms with Crippen LogP contribution in [0.5, 0.6) is 11.5 Å². The van der Waals surface area contributed by atoms with Gasteiger partial charge in [-0.25, -0.2) is 4.39 Å². The van der Waals surface area contributed by atoms with E-state index in [1.165, 1.54) is 12.1 Å². The van der Waals surface area contributed by atoms with Gasteiger partial charge >= 0.3 is 0 Å². The summed E-state index contributed by atoms with van der Waals surface area (Å²) in [4.78, 5) is 14.1.